The number of hydrogen-bond acceptors (Lipinski definition) is 5. The van der Waals surface area contributed by atoms with E-state index in [1.165, 1.54) is 11.3 Å². The minimum absolute atomic E-state index is 0.186. The van der Waals surface area contributed by atoms with Crippen LogP contribution in [-0.4, -0.2) is 35.2 Å². The molecule has 0 N–H and O–H groups in total. The summed E-state index contributed by atoms with van der Waals surface area (Å²) in [6.07, 6.45) is 4.11. The lowest BCUT2D eigenvalue weighted by Crippen LogP contribution is -2.55. The lowest BCUT2D eigenvalue weighted by Gasteiger charge is -2.52. The fraction of sp³-hybridized carbons (Fsp3) is 0.474. The zero-order chi connectivity index (χ0) is 18.0. The lowest BCUT2D eigenvalue weighted by molar-refractivity contribution is -0.0823. The molecule has 0 radical (unpaired) electrons. The van der Waals surface area contributed by atoms with Crippen LogP contribution in [0.1, 0.15) is 31.4 Å². The Hall–Kier alpha value is -1.79. The number of carbonyl (C=O) groups is 1. The molecule has 2 aromatic rings. The number of carbonyl (C=O) groups excluding carboxylic acids is 1. The van der Waals surface area contributed by atoms with Gasteiger partial charge < -0.3 is 14.4 Å². The summed E-state index contributed by atoms with van der Waals surface area (Å²) in [6.45, 7) is 1.68. The van der Waals surface area contributed by atoms with Crippen LogP contribution in [0.25, 0.3) is 0 Å². The van der Waals surface area contributed by atoms with Crippen molar-refractivity contribution in [2.45, 2.75) is 38.4 Å². The average molecular weight is 393 g/mol. The highest BCUT2D eigenvalue weighted by atomic mass is 35.5. The highest BCUT2D eigenvalue weighted by Gasteiger charge is 2.50. The third-order valence-electron chi connectivity index (χ3n) is 5.52. The van der Waals surface area contributed by atoms with Crippen LogP contribution in [0.15, 0.2) is 35.2 Å². The molecule has 26 heavy (non-hydrogen) atoms. The molecule has 1 aromatic carbocycles. The molecule has 7 heteroatoms. The van der Waals surface area contributed by atoms with E-state index in [2.05, 4.69) is 4.98 Å². The number of nitrogens with zero attached hydrogens (tertiary/aromatic N) is 2. The van der Waals surface area contributed by atoms with Crippen LogP contribution in [0.4, 0.5) is 4.79 Å². The van der Waals surface area contributed by atoms with Crippen molar-refractivity contribution >= 4 is 29.0 Å². The van der Waals surface area contributed by atoms with Gasteiger partial charge in [-0.25, -0.2) is 9.78 Å². The van der Waals surface area contributed by atoms with Crippen LogP contribution in [0.3, 0.4) is 0 Å². The van der Waals surface area contributed by atoms with Crippen molar-refractivity contribution in [3.05, 3.63) is 45.9 Å². The quantitative estimate of drug-likeness (QED) is 0.752. The van der Waals surface area contributed by atoms with Gasteiger partial charge in [-0.2, -0.15) is 0 Å². The van der Waals surface area contributed by atoms with E-state index in [0.29, 0.717) is 5.02 Å². The second kappa shape index (κ2) is 7.45. The van der Waals surface area contributed by atoms with E-state index in [1.54, 1.807) is 10.4 Å². The van der Waals surface area contributed by atoms with Crippen molar-refractivity contribution in [2.75, 3.05) is 13.1 Å². The Morgan fingerprint density at radius 3 is 2.65 bits per heavy atom. The van der Waals surface area contributed by atoms with Crippen molar-refractivity contribution < 1.29 is 14.3 Å². The predicted molar refractivity (Wildman–Crippen MR) is 101 cm³/mol. The van der Waals surface area contributed by atoms with Crippen LogP contribution >= 0.6 is 22.9 Å². The Balaban J connectivity index is 1.28. The molecule has 0 bridgehead atoms. The Morgan fingerprint density at radius 2 is 2.04 bits per heavy atom. The van der Waals surface area contributed by atoms with Crippen molar-refractivity contribution in [3.8, 4) is 5.75 Å². The topological polar surface area (TPSA) is 51.7 Å². The first-order chi connectivity index (χ1) is 12.6. The summed E-state index contributed by atoms with van der Waals surface area (Å²) in [5, 5.41) is 2.61. The summed E-state index contributed by atoms with van der Waals surface area (Å²) in [6, 6.07) is 7.53. The number of aromatic nitrogens is 1. The number of piperidine rings is 1. The van der Waals surface area contributed by atoms with Gasteiger partial charge in [-0.1, -0.05) is 11.6 Å². The van der Waals surface area contributed by atoms with Gasteiger partial charge in [-0.05, 0) is 49.9 Å². The molecular formula is C19H21ClN2O3S. The molecule has 1 amide bonds. The number of ether oxygens (including phenoxy) is 2. The minimum Gasteiger partial charge on any atom is -0.490 e. The summed E-state index contributed by atoms with van der Waals surface area (Å²) in [5.41, 5.74) is 2.73. The summed E-state index contributed by atoms with van der Waals surface area (Å²) >= 11 is 7.44. The maximum Gasteiger partial charge on any atom is 0.410 e. The Bertz CT molecular complexity index is 743. The molecule has 1 spiro atoms. The van der Waals surface area contributed by atoms with E-state index < -0.39 is 0 Å². The number of benzene rings is 1. The molecule has 1 aliphatic carbocycles. The standard InChI is InChI=1S/C19H21ClN2O3S/c20-14-1-3-16(4-2-14)25-17-5-6-19(17)7-9-22(10-8-19)18(23)24-11-15-12-26-13-21-15/h1-4,12-13,17H,5-11H2. The van der Waals surface area contributed by atoms with E-state index in [0.717, 1.165) is 50.2 Å². The summed E-state index contributed by atoms with van der Waals surface area (Å²) in [4.78, 5) is 18.2. The maximum atomic E-state index is 12.3. The molecule has 5 nitrogen and oxygen atoms in total. The zero-order valence-electron chi connectivity index (χ0n) is 14.4. The zero-order valence-corrected chi connectivity index (χ0v) is 16.0. The summed E-state index contributed by atoms with van der Waals surface area (Å²) in [7, 11) is 0. The first-order valence-corrected chi connectivity index (χ1v) is 10.2. The third kappa shape index (κ3) is 3.67. The van der Waals surface area contributed by atoms with Crippen molar-refractivity contribution in [2.24, 2.45) is 5.41 Å². The van der Waals surface area contributed by atoms with Crippen molar-refractivity contribution in [3.63, 3.8) is 0 Å². The van der Waals surface area contributed by atoms with Crippen molar-refractivity contribution in [1.82, 2.24) is 9.88 Å². The monoisotopic (exact) mass is 392 g/mol. The van der Waals surface area contributed by atoms with Gasteiger partial charge in [0.15, 0.2) is 0 Å². The summed E-state index contributed by atoms with van der Waals surface area (Å²) in [5.74, 6) is 0.864. The highest BCUT2D eigenvalue weighted by Crippen LogP contribution is 2.50. The van der Waals surface area contributed by atoms with Crippen LogP contribution < -0.4 is 4.74 Å². The lowest BCUT2D eigenvalue weighted by atomic mass is 9.60. The summed E-state index contributed by atoms with van der Waals surface area (Å²) < 4.78 is 11.6. The van der Waals surface area contributed by atoms with E-state index in [4.69, 9.17) is 21.1 Å². The van der Waals surface area contributed by atoms with E-state index in [1.807, 2.05) is 29.6 Å². The first-order valence-electron chi connectivity index (χ1n) is 8.86. The number of rotatable bonds is 4. The predicted octanol–water partition coefficient (Wildman–Crippen LogP) is 4.76. The van der Waals surface area contributed by atoms with Gasteiger partial charge in [-0.15, -0.1) is 11.3 Å². The highest BCUT2D eigenvalue weighted by molar-refractivity contribution is 7.07. The normalized spacial score (nSPS) is 21.3. The number of amides is 1. The Morgan fingerprint density at radius 1 is 1.27 bits per heavy atom. The number of likely N-dealkylation sites (tertiary alicyclic amines) is 1. The molecule has 1 aromatic heterocycles. The number of hydrogen-bond donors (Lipinski definition) is 0. The molecule has 1 aliphatic heterocycles. The molecule has 1 saturated carbocycles. The fourth-order valence-corrected chi connectivity index (χ4v) is 4.44. The number of halogens is 1. The van der Waals surface area contributed by atoms with Gasteiger partial charge in [0.05, 0.1) is 11.2 Å². The molecular weight excluding hydrogens is 372 g/mol. The smallest absolute Gasteiger partial charge is 0.410 e. The molecule has 4 rings (SSSR count). The molecule has 1 saturated heterocycles. The Labute approximate surface area is 161 Å². The molecule has 2 aliphatic rings. The van der Waals surface area contributed by atoms with Crippen LogP contribution in [0.5, 0.6) is 5.75 Å². The molecule has 138 valence electrons. The van der Waals surface area contributed by atoms with Gasteiger partial charge in [0.2, 0.25) is 0 Å². The van der Waals surface area contributed by atoms with Gasteiger partial charge in [0, 0.05) is 28.9 Å². The van der Waals surface area contributed by atoms with E-state index in [-0.39, 0.29) is 24.2 Å². The molecule has 1 atom stereocenters. The number of thiazole rings is 1. The van der Waals surface area contributed by atoms with Gasteiger partial charge in [0.25, 0.3) is 0 Å². The largest absolute Gasteiger partial charge is 0.490 e. The Kier molecular flexibility index (Phi) is 5.05. The van der Waals surface area contributed by atoms with Crippen LogP contribution in [0, 0.1) is 5.41 Å². The van der Waals surface area contributed by atoms with E-state index >= 15 is 0 Å². The van der Waals surface area contributed by atoms with Gasteiger partial charge in [0.1, 0.15) is 18.5 Å². The van der Waals surface area contributed by atoms with Gasteiger partial charge in [-0.3, -0.25) is 0 Å². The average Bonchev–Trinajstić information content (AvgIpc) is 3.18. The SMILES string of the molecule is O=C(OCc1cscn1)N1CCC2(CCC2Oc2ccc(Cl)cc2)CC1. The van der Waals surface area contributed by atoms with Crippen LogP contribution in [0.2, 0.25) is 5.02 Å². The minimum atomic E-state index is -0.248. The van der Waals surface area contributed by atoms with Crippen LogP contribution in [-0.2, 0) is 11.3 Å². The van der Waals surface area contributed by atoms with Crippen molar-refractivity contribution in [1.29, 1.82) is 0 Å². The molecule has 1 unspecified atom stereocenters. The third-order valence-corrected chi connectivity index (χ3v) is 6.41. The molecule has 2 heterocycles. The molecule has 2 fully saturated rings. The second-order valence-corrected chi connectivity index (χ2v) is 8.14. The van der Waals surface area contributed by atoms with Gasteiger partial charge >= 0.3 is 6.09 Å². The maximum absolute atomic E-state index is 12.3. The van der Waals surface area contributed by atoms with E-state index in [9.17, 15) is 4.79 Å². The first kappa shape index (κ1) is 17.6. The second-order valence-electron chi connectivity index (χ2n) is 6.98. The fourth-order valence-electron chi connectivity index (χ4n) is 3.77.